The minimum atomic E-state index is -0.129. The van der Waals surface area contributed by atoms with Crippen LogP contribution in [0.1, 0.15) is 24.5 Å². The largest absolute Gasteiger partial charge is 0.497 e. The van der Waals surface area contributed by atoms with Crippen molar-refractivity contribution in [2.24, 2.45) is 5.92 Å². The summed E-state index contributed by atoms with van der Waals surface area (Å²) in [7, 11) is 1.67. The second-order valence-corrected chi connectivity index (χ2v) is 8.18. The summed E-state index contributed by atoms with van der Waals surface area (Å²) >= 11 is 0. The molecule has 1 atom stereocenters. The summed E-state index contributed by atoms with van der Waals surface area (Å²) in [6.07, 6.45) is 6.77. The van der Waals surface area contributed by atoms with Crippen LogP contribution in [0.25, 0.3) is 6.08 Å². The summed E-state index contributed by atoms with van der Waals surface area (Å²) < 4.78 is 16.0. The van der Waals surface area contributed by atoms with E-state index >= 15 is 0 Å². The number of rotatable bonds is 7. The predicted molar refractivity (Wildman–Crippen MR) is 127 cm³/mol. The fraction of sp³-hybridized carbons (Fsp3) is 0.308. The number of amides is 2. The molecule has 172 valence electrons. The first-order chi connectivity index (χ1) is 16.1. The average molecular weight is 448 g/mol. The van der Waals surface area contributed by atoms with Crippen LogP contribution in [0.4, 0.5) is 10.5 Å². The first-order valence-electron chi connectivity index (χ1n) is 11.1. The predicted octanol–water partition coefficient (Wildman–Crippen LogP) is 5.26. The Morgan fingerprint density at radius 1 is 1.24 bits per heavy atom. The van der Waals surface area contributed by atoms with Crippen LogP contribution < -0.4 is 14.8 Å². The SMILES string of the molecule is COc1cccc(CCOc2cccc(/C=C3\CCN(C(=O)Nc4cnoc4)CC3C)c2)c1. The van der Waals surface area contributed by atoms with Gasteiger partial charge in [0.05, 0.1) is 19.9 Å². The van der Waals surface area contributed by atoms with Crippen molar-refractivity contribution in [2.75, 3.05) is 32.1 Å². The van der Waals surface area contributed by atoms with Gasteiger partial charge in [0.25, 0.3) is 0 Å². The Balaban J connectivity index is 1.31. The summed E-state index contributed by atoms with van der Waals surface area (Å²) in [5.41, 5.74) is 4.19. The lowest BCUT2D eigenvalue weighted by atomic mass is 9.91. The Morgan fingerprint density at radius 3 is 2.88 bits per heavy atom. The third kappa shape index (κ3) is 6.16. The third-order valence-corrected chi connectivity index (χ3v) is 5.77. The van der Waals surface area contributed by atoms with E-state index in [9.17, 15) is 4.79 Å². The number of aromatic nitrogens is 1. The quantitative estimate of drug-likeness (QED) is 0.534. The number of benzene rings is 2. The van der Waals surface area contributed by atoms with Gasteiger partial charge in [0, 0.05) is 19.5 Å². The molecule has 0 saturated carbocycles. The third-order valence-electron chi connectivity index (χ3n) is 5.77. The smallest absolute Gasteiger partial charge is 0.322 e. The number of ether oxygens (including phenoxy) is 2. The van der Waals surface area contributed by atoms with Crippen LogP contribution in [0, 0.1) is 5.92 Å². The Labute approximate surface area is 194 Å². The normalized spacial score (nSPS) is 17.1. The van der Waals surface area contributed by atoms with Crippen molar-refractivity contribution >= 4 is 17.8 Å². The molecule has 2 amide bonds. The highest BCUT2D eigenvalue weighted by atomic mass is 16.5. The molecule has 1 aliphatic rings. The molecule has 1 aromatic heterocycles. The number of carbonyl (C=O) groups excluding carboxylic acids is 1. The van der Waals surface area contributed by atoms with Crippen molar-refractivity contribution in [1.82, 2.24) is 10.1 Å². The van der Waals surface area contributed by atoms with E-state index in [1.165, 1.54) is 23.6 Å². The minimum absolute atomic E-state index is 0.129. The van der Waals surface area contributed by atoms with Gasteiger partial charge in [-0.15, -0.1) is 0 Å². The van der Waals surface area contributed by atoms with Crippen LogP contribution in [-0.2, 0) is 6.42 Å². The monoisotopic (exact) mass is 447 g/mol. The molecule has 4 rings (SSSR count). The standard InChI is InChI=1S/C26H29N3O4/c1-19-17-29(26(30)28-23-16-27-33-18-23)11-9-22(19)13-21-6-4-8-25(15-21)32-12-10-20-5-3-7-24(14-20)31-2/h3-8,13-16,18-19H,9-12,17H2,1-2H3,(H,28,30)/b22-13+. The highest BCUT2D eigenvalue weighted by Crippen LogP contribution is 2.26. The van der Waals surface area contributed by atoms with Crippen molar-refractivity contribution in [3.8, 4) is 11.5 Å². The van der Waals surface area contributed by atoms with Gasteiger partial charge in [-0.25, -0.2) is 4.79 Å². The van der Waals surface area contributed by atoms with Crippen LogP contribution in [0.3, 0.4) is 0 Å². The van der Waals surface area contributed by atoms with Gasteiger partial charge in [0.1, 0.15) is 23.4 Å². The van der Waals surface area contributed by atoms with Crippen LogP contribution >= 0.6 is 0 Å². The van der Waals surface area contributed by atoms with Crippen LogP contribution in [0.2, 0.25) is 0 Å². The highest BCUT2D eigenvalue weighted by molar-refractivity contribution is 5.89. The van der Waals surface area contributed by atoms with Crippen molar-refractivity contribution < 1.29 is 18.8 Å². The van der Waals surface area contributed by atoms with Crippen molar-refractivity contribution in [3.63, 3.8) is 0 Å². The van der Waals surface area contributed by atoms with E-state index in [0.717, 1.165) is 29.9 Å². The summed E-state index contributed by atoms with van der Waals surface area (Å²) in [4.78, 5) is 14.3. The number of hydrogen-bond acceptors (Lipinski definition) is 5. The van der Waals surface area contributed by atoms with E-state index in [2.05, 4.69) is 41.7 Å². The van der Waals surface area contributed by atoms with E-state index in [1.54, 1.807) is 7.11 Å². The van der Waals surface area contributed by atoms with Gasteiger partial charge in [-0.05, 0) is 47.7 Å². The average Bonchev–Trinajstić information content (AvgIpc) is 3.34. The Hall–Kier alpha value is -3.74. The zero-order valence-corrected chi connectivity index (χ0v) is 19.0. The topological polar surface area (TPSA) is 76.8 Å². The maximum absolute atomic E-state index is 12.5. The lowest BCUT2D eigenvalue weighted by molar-refractivity contribution is 0.198. The molecule has 2 aromatic carbocycles. The molecule has 1 saturated heterocycles. The fourth-order valence-electron chi connectivity index (χ4n) is 3.94. The van der Waals surface area contributed by atoms with Gasteiger partial charge < -0.3 is 24.2 Å². The highest BCUT2D eigenvalue weighted by Gasteiger charge is 2.24. The summed E-state index contributed by atoms with van der Waals surface area (Å²) in [6, 6.07) is 16.1. The van der Waals surface area contributed by atoms with E-state index in [-0.39, 0.29) is 11.9 Å². The fourth-order valence-corrected chi connectivity index (χ4v) is 3.94. The van der Waals surface area contributed by atoms with E-state index < -0.39 is 0 Å². The Kier molecular flexibility index (Phi) is 7.29. The van der Waals surface area contributed by atoms with Gasteiger partial charge in [0.15, 0.2) is 0 Å². The maximum atomic E-state index is 12.5. The second kappa shape index (κ2) is 10.7. The van der Waals surface area contributed by atoms with Gasteiger partial charge in [-0.2, -0.15) is 0 Å². The molecular weight excluding hydrogens is 418 g/mol. The number of hydrogen-bond donors (Lipinski definition) is 1. The van der Waals surface area contributed by atoms with Gasteiger partial charge in [0.2, 0.25) is 0 Å². The maximum Gasteiger partial charge on any atom is 0.322 e. The number of anilines is 1. The van der Waals surface area contributed by atoms with Crippen LogP contribution in [0.15, 0.2) is 71.1 Å². The molecule has 1 fully saturated rings. The van der Waals surface area contributed by atoms with Crippen LogP contribution in [-0.4, -0.2) is 42.9 Å². The molecule has 1 N–H and O–H groups in total. The zero-order valence-electron chi connectivity index (χ0n) is 19.0. The molecule has 0 bridgehead atoms. The van der Waals surface area contributed by atoms with Crippen LogP contribution in [0.5, 0.6) is 11.5 Å². The molecule has 7 nitrogen and oxygen atoms in total. The molecule has 7 heteroatoms. The van der Waals surface area contributed by atoms with Gasteiger partial charge >= 0.3 is 6.03 Å². The number of urea groups is 1. The molecular formula is C26H29N3O4. The number of carbonyl (C=O) groups is 1. The number of nitrogens with zero attached hydrogens (tertiary/aromatic N) is 2. The van der Waals surface area contributed by atoms with E-state index in [1.807, 2.05) is 35.2 Å². The lowest BCUT2D eigenvalue weighted by Crippen LogP contribution is -2.42. The molecule has 0 spiro atoms. The molecule has 0 radical (unpaired) electrons. The molecule has 1 aliphatic heterocycles. The second-order valence-electron chi connectivity index (χ2n) is 8.18. The zero-order chi connectivity index (χ0) is 23.0. The summed E-state index contributed by atoms with van der Waals surface area (Å²) in [6.45, 7) is 4.09. The number of methoxy groups -OCH3 is 1. The molecule has 0 aliphatic carbocycles. The first kappa shape index (κ1) is 22.5. The van der Waals surface area contributed by atoms with Crippen molar-refractivity contribution in [3.05, 3.63) is 77.7 Å². The van der Waals surface area contributed by atoms with Crippen molar-refractivity contribution in [2.45, 2.75) is 19.8 Å². The van der Waals surface area contributed by atoms with Crippen molar-refractivity contribution in [1.29, 1.82) is 0 Å². The summed E-state index contributed by atoms with van der Waals surface area (Å²) in [5, 5.41) is 6.42. The summed E-state index contributed by atoms with van der Waals surface area (Å²) in [5.74, 6) is 1.98. The lowest BCUT2D eigenvalue weighted by Gasteiger charge is -2.33. The Morgan fingerprint density at radius 2 is 2.09 bits per heavy atom. The molecule has 1 unspecified atom stereocenters. The molecule has 33 heavy (non-hydrogen) atoms. The van der Waals surface area contributed by atoms with Gasteiger partial charge in [-0.3, -0.25) is 0 Å². The first-order valence-corrected chi connectivity index (χ1v) is 11.1. The number of nitrogens with one attached hydrogen (secondary N) is 1. The Bertz CT molecular complexity index is 1090. The molecule has 2 heterocycles. The molecule has 3 aromatic rings. The van der Waals surface area contributed by atoms with E-state index in [4.69, 9.17) is 14.0 Å². The number of piperidine rings is 1. The van der Waals surface area contributed by atoms with Gasteiger partial charge in [-0.1, -0.05) is 48.0 Å². The minimum Gasteiger partial charge on any atom is -0.497 e. The number of likely N-dealkylation sites (tertiary alicyclic amines) is 1. The van der Waals surface area contributed by atoms with E-state index in [0.29, 0.717) is 25.4 Å².